The molecule has 1 amide bonds. The molecule has 0 aliphatic rings. The minimum atomic E-state index is -3.49. The lowest BCUT2D eigenvalue weighted by Crippen LogP contribution is -2.35. The van der Waals surface area contributed by atoms with Crippen LogP contribution in [0.2, 0.25) is 0 Å². The number of benzene rings is 1. The molecule has 0 fully saturated rings. The van der Waals surface area contributed by atoms with Crippen LogP contribution in [0.4, 0.5) is 4.79 Å². The maximum atomic E-state index is 11.9. The van der Waals surface area contributed by atoms with Crippen molar-refractivity contribution < 1.29 is 17.9 Å². The minimum Gasteiger partial charge on any atom is -0.445 e. The van der Waals surface area contributed by atoms with Crippen LogP contribution >= 0.6 is 10.7 Å². The van der Waals surface area contributed by atoms with Crippen molar-refractivity contribution in [2.24, 2.45) is 0 Å². The van der Waals surface area contributed by atoms with Gasteiger partial charge in [0.15, 0.2) is 0 Å². The Morgan fingerprint density at radius 1 is 1.22 bits per heavy atom. The molecular formula is C16H24ClNO4S. The Bertz CT molecular complexity index is 563. The van der Waals surface area contributed by atoms with Crippen molar-refractivity contribution in [3.8, 4) is 0 Å². The summed E-state index contributed by atoms with van der Waals surface area (Å²) in [6.07, 6.45) is 3.25. The quantitative estimate of drug-likeness (QED) is 0.643. The number of carbonyl (C=O) groups is 1. The van der Waals surface area contributed by atoms with Gasteiger partial charge in [-0.25, -0.2) is 13.2 Å². The first kappa shape index (κ1) is 19.8. The van der Waals surface area contributed by atoms with E-state index in [1.54, 1.807) is 0 Å². The lowest BCUT2D eigenvalue weighted by atomic mass is 10.1. The molecule has 1 aromatic rings. The Kier molecular flexibility index (Phi) is 9.02. The first-order valence-corrected chi connectivity index (χ1v) is 10.3. The summed E-state index contributed by atoms with van der Waals surface area (Å²) in [6, 6.07) is 9.33. The molecule has 0 spiro atoms. The highest BCUT2D eigenvalue weighted by Gasteiger charge is 2.14. The third-order valence-electron chi connectivity index (χ3n) is 3.38. The fraction of sp³-hybridized carbons (Fsp3) is 0.562. The second kappa shape index (κ2) is 10.5. The van der Waals surface area contributed by atoms with Crippen LogP contribution < -0.4 is 5.32 Å². The van der Waals surface area contributed by atoms with Crippen molar-refractivity contribution >= 4 is 25.8 Å². The summed E-state index contributed by atoms with van der Waals surface area (Å²) < 4.78 is 27.1. The normalized spacial score (nSPS) is 12.6. The van der Waals surface area contributed by atoms with Gasteiger partial charge in [-0.2, -0.15) is 0 Å². The number of ether oxygens (including phenoxy) is 1. The summed E-state index contributed by atoms with van der Waals surface area (Å²) in [4.78, 5) is 11.9. The van der Waals surface area contributed by atoms with Crippen LogP contribution in [-0.2, 0) is 20.4 Å². The summed E-state index contributed by atoms with van der Waals surface area (Å²) in [5, 5.41) is 2.81. The van der Waals surface area contributed by atoms with E-state index in [2.05, 4.69) is 12.2 Å². The molecule has 0 saturated heterocycles. The van der Waals surface area contributed by atoms with Crippen molar-refractivity contribution in [2.45, 2.75) is 51.7 Å². The van der Waals surface area contributed by atoms with E-state index in [4.69, 9.17) is 15.4 Å². The zero-order chi connectivity index (χ0) is 17.1. The number of amides is 1. The van der Waals surface area contributed by atoms with Crippen LogP contribution in [-0.4, -0.2) is 26.3 Å². The van der Waals surface area contributed by atoms with E-state index in [0.29, 0.717) is 12.8 Å². The van der Waals surface area contributed by atoms with Crippen LogP contribution in [0.3, 0.4) is 0 Å². The summed E-state index contributed by atoms with van der Waals surface area (Å²) in [7, 11) is 1.72. The molecule has 23 heavy (non-hydrogen) atoms. The minimum absolute atomic E-state index is 0.0854. The number of rotatable bonds is 10. The highest BCUT2D eigenvalue weighted by molar-refractivity contribution is 8.13. The van der Waals surface area contributed by atoms with Gasteiger partial charge in [-0.3, -0.25) is 0 Å². The maximum Gasteiger partial charge on any atom is 0.407 e. The molecule has 0 aliphatic carbocycles. The van der Waals surface area contributed by atoms with Crippen LogP contribution in [0, 0.1) is 0 Å². The molecular weight excluding hydrogens is 338 g/mol. The number of halogens is 1. The summed E-state index contributed by atoms with van der Waals surface area (Å²) >= 11 is 0. The fourth-order valence-electron chi connectivity index (χ4n) is 2.17. The number of unbranched alkanes of at least 4 members (excludes halogenated alkanes) is 1. The molecule has 5 nitrogen and oxygen atoms in total. The number of alkyl carbamates (subject to hydrolysis) is 1. The van der Waals surface area contributed by atoms with Gasteiger partial charge in [0.05, 0.1) is 5.75 Å². The summed E-state index contributed by atoms with van der Waals surface area (Å²) in [5.41, 5.74) is 0.918. The van der Waals surface area contributed by atoms with Crippen molar-refractivity contribution in [1.82, 2.24) is 5.32 Å². The maximum absolute atomic E-state index is 11.9. The van der Waals surface area contributed by atoms with Gasteiger partial charge in [-0.05, 0) is 24.8 Å². The Hall–Kier alpha value is -1.27. The number of nitrogens with one attached hydrogen (secondary N) is 1. The smallest absolute Gasteiger partial charge is 0.407 e. The molecule has 1 rings (SSSR count). The first-order chi connectivity index (χ1) is 10.9. The van der Waals surface area contributed by atoms with Gasteiger partial charge in [0, 0.05) is 16.7 Å². The zero-order valence-electron chi connectivity index (χ0n) is 13.3. The monoisotopic (exact) mass is 361 g/mol. The van der Waals surface area contributed by atoms with Crippen LogP contribution in [0.25, 0.3) is 0 Å². The average molecular weight is 362 g/mol. The van der Waals surface area contributed by atoms with Crippen LogP contribution in [0.1, 0.15) is 44.6 Å². The molecule has 7 heteroatoms. The first-order valence-electron chi connectivity index (χ1n) is 7.80. The van der Waals surface area contributed by atoms with E-state index in [1.165, 1.54) is 0 Å². The van der Waals surface area contributed by atoms with Gasteiger partial charge in [-0.15, -0.1) is 0 Å². The molecule has 0 unspecified atom stereocenters. The zero-order valence-corrected chi connectivity index (χ0v) is 14.9. The average Bonchev–Trinajstić information content (AvgIpc) is 2.50. The van der Waals surface area contributed by atoms with E-state index >= 15 is 0 Å². The molecule has 130 valence electrons. The van der Waals surface area contributed by atoms with Crippen LogP contribution in [0.5, 0.6) is 0 Å². The van der Waals surface area contributed by atoms with Gasteiger partial charge in [0.1, 0.15) is 6.61 Å². The summed E-state index contributed by atoms with van der Waals surface area (Å²) in [6.45, 7) is 2.28. The van der Waals surface area contributed by atoms with Crippen molar-refractivity contribution in [3.05, 3.63) is 35.9 Å². The van der Waals surface area contributed by atoms with Crippen molar-refractivity contribution in [1.29, 1.82) is 0 Å². The number of hydrogen-bond acceptors (Lipinski definition) is 4. The molecule has 1 aromatic carbocycles. The lowest BCUT2D eigenvalue weighted by molar-refractivity contribution is 0.134. The standard InChI is InChI=1S/C16H24ClNO4S/c1-2-3-10-15(11-7-12-23(17,20)21)18-16(19)22-13-14-8-5-4-6-9-14/h4-6,8-9,15H,2-3,7,10-13H2,1H3,(H,18,19)/t15-/m1/s1. The van der Waals surface area contributed by atoms with Gasteiger partial charge in [-0.1, -0.05) is 50.1 Å². The van der Waals surface area contributed by atoms with E-state index in [0.717, 1.165) is 24.8 Å². The predicted molar refractivity (Wildman–Crippen MR) is 91.9 cm³/mol. The molecule has 0 aliphatic heterocycles. The van der Waals surface area contributed by atoms with Crippen molar-refractivity contribution in [3.63, 3.8) is 0 Å². The van der Waals surface area contributed by atoms with Gasteiger partial charge < -0.3 is 10.1 Å². The Labute approximate surface area is 142 Å². The third kappa shape index (κ3) is 10.2. The van der Waals surface area contributed by atoms with Crippen molar-refractivity contribution in [2.75, 3.05) is 5.75 Å². The van der Waals surface area contributed by atoms with Gasteiger partial charge in [0.25, 0.3) is 0 Å². The number of hydrogen-bond donors (Lipinski definition) is 1. The van der Waals surface area contributed by atoms with Gasteiger partial charge >= 0.3 is 6.09 Å². The highest BCUT2D eigenvalue weighted by atomic mass is 35.7. The fourth-order valence-corrected chi connectivity index (χ4v) is 3.01. The Morgan fingerprint density at radius 2 is 1.87 bits per heavy atom. The third-order valence-corrected chi connectivity index (χ3v) is 4.62. The second-order valence-corrected chi connectivity index (χ2v) is 8.33. The number of carbonyl (C=O) groups excluding carboxylic acids is 1. The van der Waals surface area contributed by atoms with E-state index in [9.17, 15) is 13.2 Å². The van der Waals surface area contributed by atoms with E-state index < -0.39 is 15.1 Å². The molecule has 0 heterocycles. The molecule has 0 aromatic heterocycles. The second-order valence-electron chi connectivity index (χ2n) is 5.43. The summed E-state index contributed by atoms with van der Waals surface area (Å²) in [5.74, 6) is -0.0854. The molecule has 0 radical (unpaired) electrons. The lowest BCUT2D eigenvalue weighted by Gasteiger charge is -2.18. The van der Waals surface area contributed by atoms with Crippen LogP contribution in [0.15, 0.2) is 30.3 Å². The van der Waals surface area contributed by atoms with E-state index in [-0.39, 0.29) is 18.4 Å². The molecule has 0 bridgehead atoms. The predicted octanol–water partition coefficient (Wildman–Crippen LogP) is 3.82. The largest absolute Gasteiger partial charge is 0.445 e. The highest BCUT2D eigenvalue weighted by Crippen LogP contribution is 2.10. The van der Waals surface area contributed by atoms with Gasteiger partial charge in [0.2, 0.25) is 9.05 Å². The molecule has 0 saturated carbocycles. The Morgan fingerprint density at radius 3 is 2.48 bits per heavy atom. The van der Waals surface area contributed by atoms with E-state index in [1.807, 2.05) is 30.3 Å². The Balaban J connectivity index is 2.40. The molecule has 1 N–H and O–H groups in total. The molecule has 1 atom stereocenters. The topological polar surface area (TPSA) is 72.5 Å². The SMILES string of the molecule is CCCC[C@H](CCCS(=O)(=O)Cl)NC(=O)OCc1ccccc1.